The summed E-state index contributed by atoms with van der Waals surface area (Å²) in [5, 5.41) is 18.6. The summed E-state index contributed by atoms with van der Waals surface area (Å²) in [6, 6.07) is 18.9. The number of aryl methyl sites for hydroxylation is 3. The van der Waals surface area contributed by atoms with Crippen molar-refractivity contribution >= 4 is 29.7 Å². The standard InChI is InChI=1S/C20H18O8.C18H27NO/c1-11-3-7-13(8-4-11)19(25)27-15(17(21)22)16(18(23)24)28-20(26)14-9-5-12(2)6-10-14;1-4-11-19(12-5-2)16-10-9-15-7-6-8-17(14(3)20)18(15)13-16/h3-10,15-16H,1-2H3,(H,21,22)(H,23,24);6-8,16H,4-5,9-13H2,1-3H3/t15-,16-;16-/m00/s1. The first kappa shape index (κ1) is 37.6. The van der Waals surface area contributed by atoms with Gasteiger partial charge >= 0.3 is 23.9 Å². The predicted octanol–water partition coefficient (Wildman–Crippen LogP) is 6.09. The minimum Gasteiger partial charge on any atom is -0.478 e. The number of hydrogen-bond acceptors (Lipinski definition) is 8. The zero-order chi connectivity index (χ0) is 35.4. The van der Waals surface area contributed by atoms with Crippen LogP contribution in [0.3, 0.4) is 0 Å². The lowest BCUT2D eigenvalue weighted by Crippen LogP contribution is -2.45. The Hall–Kier alpha value is -4.83. The number of carboxylic acids is 2. The molecule has 1 aliphatic carbocycles. The maximum atomic E-state index is 12.2. The van der Waals surface area contributed by atoms with E-state index >= 15 is 0 Å². The fourth-order valence-electron chi connectivity index (χ4n) is 5.69. The van der Waals surface area contributed by atoms with Crippen molar-refractivity contribution in [1.29, 1.82) is 0 Å². The second kappa shape index (κ2) is 17.9. The third-order valence-corrected chi connectivity index (χ3v) is 8.18. The molecule has 3 atom stereocenters. The van der Waals surface area contributed by atoms with Crippen LogP contribution >= 0.6 is 0 Å². The number of rotatable bonds is 13. The molecule has 3 aromatic carbocycles. The van der Waals surface area contributed by atoms with Gasteiger partial charge in [-0.1, -0.05) is 67.4 Å². The number of aliphatic carboxylic acids is 2. The van der Waals surface area contributed by atoms with Gasteiger partial charge in [0.15, 0.2) is 5.78 Å². The average Bonchev–Trinajstić information content (AvgIpc) is 3.06. The number of ether oxygens (including phenoxy) is 2. The van der Waals surface area contributed by atoms with Crippen molar-refractivity contribution in [1.82, 2.24) is 4.90 Å². The van der Waals surface area contributed by atoms with E-state index in [0.717, 1.165) is 29.5 Å². The van der Waals surface area contributed by atoms with E-state index in [9.17, 15) is 34.2 Å². The Morgan fingerprint density at radius 3 is 1.60 bits per heavy atom. The number of benzene rings is 3. The van der Waals surface area contributed by atoms with Crippen LogP contribution in [0.15, 0.2) is 66.7 Å². The number of fused-ring (bicyclic) bond motifs is 1. The minimum atomic E-state index is -2.22. The summed E-state index contributed by atoms with van der Waals surface area (Å²) in [6.07, 6.45) is 1.36. The summed E-state index contributed by atoms with van der Waals surface area (Å²) in [5.74, 6) is -5.41. The maximum absolute atomic E-state index is 12.2. The fourth-order valence-corrected chi connectivity index (χ4v) is 5.69. The summed E-state index contributed by atoms with van der Waals surface area (Å²) in [5.41, 5.74) is 5.44. The van der Waals surface area contributed by atoms with Crippen molar-refractivity contribution in [3.63, 3.8) is 0 Å². The molecule has 0 saturated carbocycles. The van der Waals surface area contributed by atoms with Crippen molar-refractivity contribution < 1.29 is 43.7 Å². The minimum absolute atomic E-state index is 0.0332. The van der Waals surface area contributed by atoms with Crippen molar-refractivity contribution in [2.45, 2.75) is 85.0 Å². The molecule has 0 bridgehead atoms. The van der Waals surface area contributed by atoms with Crippen LogP contribution in [-0.4, -0.2) is 76.1 Å². The van der Waals surface area contributed by atoms with Crippen molar-refractivity contribution in [3.8, 4) is 0 Å². The molecule has 4 rings (SSSR count). The van der Waals surface area contributed by atoms with E-state index in [1.54, 1.807) is 45.0 Å². The van der Waals surface area contributed by atoms with Crippen LogP contribution in [0.1, 0.15) is 93.4 Å². The van der Waals surface area contributed by atoms with Gasteiger partial charge in [-0.15, -0.1) is 0 Å². The van der Waals surface area contributed by atoms with E-state index in [0.29, 0.717) is 6.04 Å². The lowest BCUT2D eigenvalue weighted by molar-refractivity contribution is -0.166. The molecule has 3 aromatic rings. The Morgan fingerprint density at radius 2 is 1.21 bits per heavy atom. The molecule has 0 fully saturated rings. The summed E-state index contributed by atoms with van der Waals surface area (Å²) in [7, 11) is 0. The molecule has 0 spiro atoms. The van der Waals surface area contributed by atoms with E-state index in [-0.39, 0.29) is 16.9 Å². The van der Waals surface area contributed by atoms with Gasteiger partial charge in [-0.05, 0) is 101 Å². The van der Waals surface area contributed by atoms with Crippen LogP contribution in [-0.2, 0) is 31.9 Å². The summed E-state index contributed by atoms with van der Waals surface area (Å²) in [6.45, 7) is 12.1. The highest BCUT2D eigenvalue weighted by Crippen LogP contribution is 2.28. The fraction of sp³-hybridized carbons (Fsp3) is 0.395. The molecule has 0 aliphatic heterocycles. The van der Waals surface area contributed by atoms with E-state index in [1.165, 1.54) is 67.7 Å². The Kier molecular flexibility index (Phi) is 14.0. The molecular weight excluding hydrogens is 614 g/mol. The van der Waals surface area contributed by atoms with Crippen LogP contribution < -0.4 is 0 Å². The molecule has 0 radical (unpaired) electrons. The highest BCUT2D eigenvalue weighted by molar-refractivity contribution is 5.96. The average molecular weight is 660 g/mol. The molecule has 0 saturated heterocycles. The quantitative estimate of drug-likeness (QED) is 0.163. The number of carboxylic acid groups (broad SMARTS) is 2. The van der Waals surface area contributed by atoms with Gasteiger partial charge in [-0.2, -0.15) is 0 Å². The third-order valence-electron chi connectivity index (χ3n) is 8.18. The van der Waals surface area contributed by atoms with Crippen molar-refractivity contribution in [2.24, 2.45) is 0 Å². The van der Waals surface area contributed by atoms with Gasteiger partial charge in [0.05, 0.1) is 11.1 Å². The van der Waals surface area contributed by atoms with E-state index in [2.05, 4.69) is 24.8 Å². The van der Waals surface area contributed by atoms with E-state index < -0.39 is 36.1 Å². The first-order valence-electron chi connectivity index (χ1n) is 16.2. The lowest BCUT2D eigenvalue weighted by atomic mass is 9.83. The molecule has 2 N–H and O–H groups in total. The van der Waals surface area contributed by atoms with E-state index in [1.807, 2.05) is 12.1 Å². The van der Waals surface area contributed by atoms with Gasteiger partial charge in [0.2, 0.25) is 12.2 Å². The second-order valence-corrected chi connectivity index (χ2v) is 12.0. The monoisotopic (exact) mass is 659 g/mol. The normalized spacial score (nSPS) is 14.8. The summed E-state index contributed by atoms with van der Waals surface area (Å²) >= 11 is 0. The molecule has 0 unspecified atom stereocenters. The van der Waals surface area contributed by atoms with Gasteiger partial charge < -0.3 is 24.6 Å². The van der Waals surface area contributed by atoms with Gasteiger partial charge in [0.25, 0.3) is 0 Å². The van der Waals surface area contributed by atoms with Crippen LogP contribution in [0, 0.1) is 13.8 Å². The van der Waals surface area contributed by atoms with Gasteiger partial charge in [0.1, 0.15) is 0 Å². The predicted molar refractivity (Wildman–Crippen MR) is 180 cm³/mol. The molecule has 0 heterocycles. The van der Waals surface area contributed by atoms with Crippen LogP contribution in [0.5, 0.6) is 0 Å². The highest BCUT2D eigenvalue weighted by Gasteiger charge is 2.41. The second-order valence-electron chi connectivity index (χ2n) is 12.0. The molecule has 0 aromatic heterocycles. The largest absolute Gasteiger partial charge is 0.478 e. The molecular formula is C38H45NO9. The van der Waals surface area contributed by atoms with Crippen LogP contribution in [0.4, 0.5) is 0 Å². The van der Waals surface area contributed by atoms with Crippen molar-refractivity contribution in [3.05, 3.63) is 106 Å². The molecule has 1 aliphatic rings. The zero-order valence-corrected chi connectivity index (χ0v) is 28.2. The number of nitrogens with zero attached hydrogens (tertiary/aromatic N) is 1. The summed E-state index contributed by atoms with van der Waals surface area (Å²) < 4.78 is 9.64. The molecule has 256 valence electrons. The number of esters is 2. The summed E-state index contributed by atoms with van der Waals surface area (Å²) in [4.78, 5) is 61.8. The third kappa shape index (κ3) is 10.3. The number of carbonyl (C=O) groups is 5. The number of hydrogen-bond donors (Lipinski definition) is 2. The molecule has 10 nitrogen and oxygen atoms in total. The SMILES string of the molecule is CCCN(CCC)[C@H]1CCc2cccc(C(C)=O)c2C1.Cc1ccc(C(=O)O[C@H](C(=O)O)[C@H](OC(=O)c2ccc(C)cc2)C(=O)O)cc1. The molecule has 10 heteroatoms. The van der Waals surface area contributed by atoms with Crippen molar-refractivity contribution in [2.75, 3.05) is 13.1 Å². The molecule has 48 heavy (non-hydrogen) atoms. The maximum Gasteiger partial charge on any atom is 0.349 e. The van der Waals surface area contributed by atoms with Gasteiger partial charge in [0, 0.05) is 11.6 Å². The lowest BCUT2D eigenvalue weighted by Gasteiger charge is -2.35. The highest BCUT2D eigenvalue weighted by atomic mass is 16.6. The Bertz CT molecular complexity index is 1500. The van der Waals surface area contributed by atoms with Crippen LogP contribution in [0.2, 0.25) is 0 Å². The zero-order valence-electron chi connectivity index (χ0n) is 28.2. The number of ketones is 1. The number of carbonyl (C=O) groups excluding carboxylic acids is 3. The van der Waals surface area contributed by atoms with Gasteiger partial charge in [-0.25, -0.2) is 19.2 Å². The first-order valence-corrected chi connectivity index (χ1v) is 16.2. The topological polar surface area (TPSA) is 148 Å². The first-order chi connectivity index (χ1) is 22.9. The smallest absolute Gasteiger partial charge is 0.349 e. The van der Waals surface area contributed by atoms with Gasteiger partial charge in [-0.3, -0.25) is 4.79 Å². The Labute approximate surface area is 281 Å². The number of Topliss-reactive ketones (excluding diaryl/α,β-unsaturated/α-hetero) is 1. The Morgan fingerprint density at radius 1 is 0.750 bits per heavy atom. The molecule has 0 amide bonds. The van der Waals surface area contributed by atoms with E-state index in [4.69, 9.17) is 9.47 Å². The van der Waals surface area contributed by atoms with Crippen LogP contribution in [0.25, 0.3) is 0 Å². The Balaban J connectivity index is 0.000000275.